The molecule has 0 unspecified atom stereocenters. The fourth-order valence-corrected chi connectivity index (χ4v) is 7.61. The lowest BCUT2D eigenvalue weighted by molar-refractivity contribution is 0.807. The predicted molar refractivity (Wildman–Crippen MR) is 187 cm³/mol. The Kier molecular flexibility index (Phi) is 6.67. The third-order valence-electron chi connectivity index (χ3n) is 8.93. The molecule has 7 aromatic rings. The van der Waals surface area contributed by atoms with Gasteiger partial charge in [-0.15, -0.1) is 11.3 Å². The van der Waals surface area contributed by atoms with Crippen LogP contribution in [-0.2, 0) is 0 Å². The maximum absolute atomic E-state index is 2.46. The highest BCUT2D eigenvalue weighted by molar-refractivity contribution is 7.25. The number of hydrogen-bond donors (Lipinski definition) is 0. The van der Waals surface area contributed by atoms with Gasteiger partial charge in [-0.05, 0) is 121 Å². The van der Waals surface area contributed by atoms with Crippen molar-refractivity contribution >= 4 is 53.1 Å². The van der Waals surface area contributed by atoms with Crippen molar-refractivity contribution in [1.29, 1.82) is 0 Å². The van der Waals surface area contributed by atoms with Crippen molar-refractivity contribution in [2.24, 2.45) is 0 Å². The maximum atomic E-state index is 2.46. The Morgan fingerprint density at radius 1 is 0.429 bits per heavy atom. The summed E-state index contributed by atoms with van der Waals surface area (Å²) in [6.45, 7) is 13.9. The van der Waals surface area contributed by atoms with E-state index in [1.54, 1.807) is 0 Å². The Morgan fingerprint density at radius 3 is 1.62 bits per heavy atom. The van der Waals surface area contributed by atoms with Gasteiger partial charge in [-0.25, -0.2) is 0 Å². The Bertz CT molecular complexity index is 2090. The number of fused-ring (bicyclic) bond motifs is 5. The largest absolute Gasteiger partial charge is 0.135 e. The Balaban J connectivity index is 1.33. The fraction of sp³-hybridized carbons (Fsp3) is 0.220. The van der Waals surface area contributed by atoms with Crippen LogP contribution in [0.1, 0.15) is 76.0 Å². The molecule has 0 N–H and O–H groups in total. The summed E-state index contributed by atoms with van der Waals surface area (Å²) in [6, 6.07) is 39.3. The summed E-state index contributed by atoms with van der Waals surface area (Å²) in [5, 5.41) is 7.86. The molecule has 0 spiro atoms. The molecule has 1 heteroatoms. The van der Waals surface area contributed by atoms with Crippen molar-refractivity contribution in [3.8, 4) is 22.3 Å². The van der Waals surface area contributed by atoms with Crippen molar-refractivity contribution in [2.75, 3.05) is 0 Å². The molecule has 0 radical (unpaired) electrons. The van der Waals surface area contributed by atoms with Gasteiger partial charge in [-0.2, -0.15) is 0 Å². The Hall–Kier alpha value is -3.94. The van der Waals surface area contributed by atoms with Gasteiger partial charge < -0.3 is 0 Å². The van der Waals surface area contributed by atoms with Crippen molar-refractivity contribution < 1.29 is 0 Å². The van der Waals surface area contributed by atoms with Crippen LogP contribution in [0.5, 0.6) is 0 Å². The van der Waals surface area contributed by atoms with E-state index in [4.69, 9.17) is 0 Å². The first-order chi connectivity index (χ1) is 20.3. The smallest absolute Gasteiger partial charge is 0.0355 e. The molecule has 0 nitrogen and oxygen atoms in total. The van der Waals surface area contributed by atoms with Crippen LogP contribution in [-0.4, -0.2) is 0 Å². The van der Waals surface area contributed by atoms with E-state index >= 15 is 0 Å². The predicted octanol–water partition coefficient (Wildman–Crippen LogP) is 13.1. The van der Waals surface area contributed by atoms with Gasteiger partial charge in [-0.1, -0.05) is 102 Å². The molecule has 1 heterocycles. The van der Waals surface area contributed by atoms with Crippen LogP contribution in [0.4, 0.5) is 0 Å². The standard InChI is InChI=1S/C41H38S/c1-24(2)32-22-36(25(3)4)41(37(23-32)26(5)6)31-14-13-29-18-33-17-27(11-12-28(33)19-34(29)20-31)30-15-16-40-38(21-30)35-9-7-8-10-39(35)42-40/h7-26H,1-6H3. The van der Waals surface area contributed by atoms with E-state index in [1.165, 1.54) is 80.7 Å². The minimum absolute atomic E-state index is 0.466. The number of benzene rings is 6. The summed E-state index contributed by atoms with van der Waals surface area (Å²) in [7, 11) is 0. The van der Waals surface area contributed by atoms with Crippen LogP contribution in [0.25, 0.3) is 64.0 Å². The van der Waals surface area contributed by atoms with E-state index in [0.717, 1.165) is 0 Å². The van der Waals surface area contributed by atoms with Gasteiger partial charge in [0.1, 0.15) is 0 Å². The van der Waals surface area contributed by atoms with Crippen molar-refractivity contribution in [3.63, 3.8) is 0 Å². The van der Waals surface area contributed by atoms with Crippen molar-refractivity contribution in [2.45, 2.75) is 59.3 Å². The van der Waals surface area contributed by atoms with Crippen LogP contribution in [0, 0.1) is 0 Å². The summed E-state index contributed by atoms with van der Waals surface area (Å²) in [4.78, 5) is 0. The third kappa shape index (κ3) is 4.61. The van der Waals surface area contributed by atoms with Crippen LogP contribution in [0.2, 0.25) is 0 Å². The zero-order valence-corrected chi connectivity index (χ0v) is 26.3. The second-order valence-electron chi connectivity index (χ2n) is 12.8. The average Bonchev–Trinajstić information content (AvgIpc) is 3.36. The number of thiophene rings is 1. The second-order valence-corrected chi connectivity index (χ2v) is 13.9. The summed E-state index contributed by atoms with van der Waals surface area (Å²) in [5.74, 6) is 1.45. The van der Waals surface area contributed by atoms with Gasteiger partial charge >= 0.3 is 0 Å². The zero-order chi connectivity index (χ0) is 29.1. The molecule has 0 bridgehead atoms. The molecular weight excluding hydrogens is 525 g/mol. The molecule has 0 fully saturated rings. The monoisotopic (exact) mass is 562 g/mol. The van der Waals surface area contributed by atoms with Gasteiger partial charge in [0.15, 0.2) is 0 Å². The second kappa shape index (κ2) is 10.4. The summed E-state index contributed by atoms with van der Waals surface area (Å²) in [6.07, 6.45) is 0. The average molecular weight is 563 g/mol. The number of rotatable bonds is 5. The molecule has 0 aliphatic rings. The minimum Gasteiger partial charge on any atom is -0.135 e. The normalized spacial score (nSPS) is 12.2. The van der Waals surface area contributed by atoms with Crippen LogP contribution < -0.4 is 0 Å². The van der Waals surface area contributed by atoms with E-state index in [0.29, 0.717) is 17.8 Å². The Morgan fingerprint density at radius 2 is 0.976 bits per heavy atom. The first-order valence-corrected chi connectivity index (χ1v) is 16.2. The van der Waals surface area contributed by atoms with Crippen LogP contribution >= 0.6 is 11.3 Å². The van der Waals surface area contributed by atoms with Crippen LogP contribution in [0.3, 0.4) is 0 Å². The quantitative estimate of drug-likeness (QED) is 0.183. The highest BCUT2D eigenvalue weighted by atomic mass is 32.1. The third-order valence-corrected chi connectivity index (χ3v) is 10.1. The molecule has 0 saturated heterocycles. The molecule has 1 aromatic heterocycles. The van der Waals surface area contributed by atoms with Gasteiger partial charge in [0.2, 0.25) is 0 Å². The molecule has 0 saturated carbocycles. The lowest BCUT2D eigenvalue weighted by Crippen LogP contribution is -2.03. The molecule has 42 heavy (non-hydrogen) atoms. The van der Waals surface area contributed by atoms with E-state index in [2.05, 4.69) is 145 Å². The first-order valence-electron chi connectivity index (χ1n) is 15.3. The van der Waals surface area contributed by atoms with Crippen molar-refractivity contribution in [1.82, 2.24) is 0 Å². The lowest BCUT2D eigenvalue weighted by Gasteiger charge is -2.23. The van der Waals surface area contributed by atoms with E-state index < -0.39 is 0 Å². The van der Waals surface area contributed by atoms with Gasteiger partial charge in [-0.3, -0.25) is 0 Å². The topological polar surface area (TPSA) is 0 Å². The van der Waals surface area contributed by atoms with E-state index in [1.807, 2.05) is 11.3 Å². The maximum Gasteiger partial charge on any atom is 0.0355 e. The highest BCUT2D eigenvalue weighted by Gasteiger charge is 2.19. The molecular formula is C41H38S. The Labute approximate surface area is 253 Å². The molecule has 6 aromatic carbocycles. The summed E-state index contributed by atoms with van der Waals surface area (Å²) < 4.78 is 2.70. The molecule has 0 aliphatic heterocycles. The van der Waals surface area contributed by atoms with E-state index in [9.17, 15) is 0 Å². The van der Waals surface area contributed by atoms with Gasteiger partial charge in [0, 0.05) is 20.2 Å². The van der Waals surface area contributed by atoms with Gasteiger partial charge in [0.25, 0.3) is 0 Å². The SMILES string of the molecule is CC(C)c1cc(C(C)C)c(-c2ccc3cc4cc(-c5ccc6sc7ccccc7c6c5)ccc4cc3c2)c(C(C)C)c1. The summed E-state index contributed by atoms with van der Waals surface area (Å²) in [5.41, 5.74) is 9.67. The zero-order valence-electron chi connectivity index (χ0n) is 25.5. The molecule has 0 aliphatic carbocycles. The van der Waals surface area contributed by atoms with Gasteiger partial charge in [0.05, 0.1) is 0 Å². The first kappa shape index (κ1) is 26.9. The molecule has 7 rings (SSSR count). The molecule has 0 atom stereocenters. The van der Waals surface area contributed by atoms with Crippen molar-refractivity contribution in [3.05, 3.63) is 120 Å². The molecule has 0 amide bonds. The number of hydrogen-bond acceptors (Lipinski definition) is 1. The summed E-state index contributed by atoms with van der Waals surface area (Å²) >= 11 is 1.88. The highest BCUT2D eigenvalue weighted by Crippen LogP contribution is 2.41. The molecule has 208 valence electrons. The van der Waals surface area contributed by atoms with E-state index in [-0.39, 0.29) is 0 Å². The fourth-order valence-electron chi connectivity index (χ4n) is 6.53. The van der Waals surface area contributed by atoms with Crippen LogP contribution in [0.15, 0.2) is 103 Å². The lowest BCUT2D eigenvalue weighted by atomic mass is 9.81. The minimum atomic E-state index is 0.466.